The van der Waals surface area contributed by atoms with Crippen molar-refractivity contribution in [3.05, 3.63) is 35.9 Å². The van der Waals surface area contributed by atoms with Crippen molar-refractivity contribution >= 4 is 20.7 Å². The molecule has 20 heavy (non-hydrogen) atoms. The van der Waals surface area contributed by atoms with Crippen molar-refractivity contribution in [1.29, 1.82) is 0 Å². The highest BCUT2D eigenvalue weighted by molar-refractivity contribution is 6.69. The molecule has 1 aromatic rings. The van der Waals surface area contributed by atoms with Gasteiger partial charge in [0.15, 0.2) is 5.04 Å². The Bertz CT molecular complexity index is 505. The number of ether oxygens (including phenoxy) is 1. The summed E-state index contributed by atoms with van der Waals surface area (Å²) in [4.78, 5) is 24.0. The van der Waals surface area contributed by atoms with Gasteiger partial charge in [-0.2, -0.15) is 0 Å². The summed E-state index contributed by atoms with van der Waals surface area (Å²) >= 11 is 0. The molecule has 1 unspecified atom stereocenters. The van der Waals surface area contributed by atoms with E-state index in [-0.39, 0.29) is 6.42 Å². The van der Waals surface area contributed by atoms with Gasteiger partial charge in [-0.05, 0) is 5.56 Å². The molecule has 0 aliphatic carbocycles. The van der Waals surface area contributed by atoms with E-state index >= 15 is 0 Å². The third kappa shape index (κ3) is 1.90. The highest BCUT2D eigenvalue weighted by Gasteiger charge is 2.71. The third-order valence-corrected chi connectivity index (χ3v) is 6.89. The van der Waals surface area contributed by atoms with E-state index in [1.54, 1.807) is 24.3 Å². The maximum atomic E-state index is 12.4. The van der Waals surface area contributed by atoms with Crippen molar-refractivity contribution < 1.29 is 27.6 Å². The number of rotatable bonds is 5. The van der Waals surface area contributed by atoms with Crippen molar-refractivity contribution in [2.24, 2.45) is 0 Å². The molecule has 1 aliphatic rings. The topological polar surface area (TPSA) is 71.1 Å². The molecule has 0 bridgehead atoms. The zero-order valence-corrected chi connectivity index (χ0v) is 12.5. The molecule has 0 radical (unpaired) electrons. The molecule has 1 heterocycles. The molecule has 7 heteroatoms. The summed E-state index contributed by atoms with van der Waals surface area (Å²) in [6, 6.07) is 8.83. The van der Waals surface area contributed by atoms with Crippen LogP contribution >= 0.6 is 0 Å². The standard InChI is InChI=1S/C13H16O6Si/c1-16-20(17-2,18-3)13(9-11(14)19-12(13)15)10-7-5-4-6-8-10/h4-8H,9H2,1-3H3. The number of carbonyl (C=O) groups is 2. The van der Waals surface area contributed by atoms with Crippen LogP contribution in [-0.4, -0.2) is 42.1 Å². The highest BCUT2D eigenvalue weighted by atomic mass is 28.4. The highest BCUT2D eigenvalue weighted by Crippen LogP contribution is 2.43. The fourth-order valence-electron chi connectivity index (χ4n) is 2.64. The Balaban J connectivity index is 2.68. The van der Waals surface area contributed by atoms with Gasteiger partial charge in [0.25, 0.3) is 0 Å². The van der Waals surface area contributed by atoms with Crippen LogP contribution in [0.15, 0.2) is 30.3 Å². The van der Waals surface area contributed by atoms with E-state index < -0.39 is 25.8 Å². The smallest absolute Gasteiger partial charge is 0.392 e. The van der Waals surface area contributed by atoms with Gasteiger partial charge in [0.05, 0.1) is 6.42 Å². The second-order valence-electron chi connectivity index (χ2n) is 4.38. The first-order valence-corrected chi connectivity index (χ1v) is 7.75. The average Bonchev–Trinajstić information content (AvgIpc) is 2.79. The van der Waals surface area contributed by atoms with Crippen LogP contribution in [0.4, 0.5) is 0 Å². The van der Waals surface area contributed by atoms with Crippen molar-refractivity contribution in [3.8, 4) is 0 Å². The zero-order chi connectivity index (χ0) is 14.8. The zero-order valence-electron chi connectivity index (χ0n) is 11.5. The van der Waals surface area contributed by atoms with Crippen molar-refractivity contribution in [3.63, 3.8) is 0 Å². The molecule has 0 N–H and O–H groups in total. The monoisotopic (exact) mass is 296 g/mol. The van der Waals surface area contributed by atoms with Crippen molar-refractivity contribution in [2.45, 2.75) is 11.5 Å². The van der Waals surface area contributed by atoms with Gasteiger partial charge < -0.3 is 18.0 Å². The van der Waals surface area contributed by atoms with Crippen LogP contribution in [0.5, 0.6) is 0 Å². The van der Waals surface area contributed by atoms with Crippen molar-refractivity contribution in [1.82, 2.24) is 0 Å². The maximum absolute atomic E-state index is 12.4. The third-order valence-electron chi connectivity index (χ3n) is 3.56. The minimum absolute atomic E-state index is 0.155. The lowest BCUT2D eigenvalue weighted by Crippen LogP contribution is -2.64. The maximum Gasteiger partial charge on any atom is 0.523 e. The lowest BCUT2D eigenvalue weighted by atomic mass is 9.96. The Morgan fingerprint density at radius 1 is 1.05 bits per heavy atom. The number of hydrogen-bond donors (Lipinski definition) is 0. The molecule has 1 saturated heterocycles. The second-order valence-corrected chi connectivity index (χ2v) is 7.57. The summed E-state index contributed by atoms with van der Waals surface area (Å²) in [5.41, 5.74) is 0.591. The molecule has 0 spiro atoms. The first-order valence-electron chi connectivity index (χ1n) is 6.02. The fourth-order valence-corrected chi connectivity index (χ4v) is 5.37. The number of carbonyl (C=O) groups excluding carboxylic acids is 2. The molecule has 0 aromatic heterocycles. The van der Waals surface area contributed by atoms with E-state index in [0.29, 0.717) is 5.56 Å². The van der Waals surface area contributed by atoms with Crippen LogP contribution in [-0.2, 0) is 32.6 Å². The van der Waals surface area contributed by atoms with Crippen molar-refractivity contribution in [2.75, 3.05) is 21.3 Å². The van der Waals surface area contributed by atoms with Gasteiger partial charge in [0.1, 0.15) is 0 Å². The summed E-state index contributed by atoms with van der Waals surface area (Å²) in [5, 5.41) is -1.36. The molecular formula is C13H16O6Si. The van der Waals surface area contributed by atoms with E-state index in [0.717, 1.165) is 0 Å². The summed E-state index contributed by atoms with van der Waals surface area (Å²) in [5.74, 6) is -1.30. The van der Waals surface area contributed by atoms with E-state index in [1.807, 2.05) is 6.07 Å². The predicted octanol–water partition coefficient (Wildman–Crippen LogP) is 0.815. The quantitative estimate of drug-likeness (QED) is 0.455. The summed E-state index contributed by atoms with van der Waals surface area (Å²) < 4.78 is 21.1. The molecule has 1 fully saturated rings. The molecule has 2 rings (SSSR count). The molecule has 1 aliphatic heterocycles. The van der Waals surface area contributed by atoms with E-state index in [9.17, 15) is 9.59 Å². The van der Waals surface area contributed by atoms with Gasteiger partial charge in [0, 0.05) is 21.3 Å². The Morgan fingerprint density at radius 2 is 1.60 bits per heavy atom. The molecular weight excluding hydrogens is 280 g/mol. The van der Waals surface area contributed by atoms with E-state index in [2.05, 4.69) is 0 Å². The van der Waals surface area contributed by atoms with Gasteiger partial charge in [-0.3, -0.25) is 9.59 Å². The molecule has 0 saturated carbocycles. The van der Waals surface area contributed by atoms with Crippen LogP contribution in [0.2, 0.25) is 0 Å². The lowest BCUT2D eigenvalue weighted by Gasteiger charge is -2.37. The Morgan fingerprint density at radius 3 is 2.00 bits per heavy atom. The predicted molar refractivity (Wildman–Crippen MR) is 70.6 cm³/mol. The first kappa shape index (κ1) is 14.9. The Hall–Kier alpha value is -1.54. The van der Waals surface area contributed by atoms with Crippen LogP contribution in [0.25, 0.3) is 0 Å². The van der Waals surface area contributed by atoms with Crippen LogP contribution in [0.3, 0.4) is 0 Å². The second kappa shape index (κ2) is 5.45. The SMILES string of the molecule is CO[Si](OC)(OC)C1(c2ccccc2)CC(=O)OC1=O. The van der Waals surface area contributed by atoms with E-state index in [1.165, 1.54) is 21.3 Å². The van der Waals surface area contributed by atoms with Gasteiger partial charge in [-0.1, -0.05) is 30.3 Å². The number of esters is 2. The average molecular weight is 296 g/mol. The summed E-state index contributed by atoms with van der Waals surface area (Å²) in [7, 11) is 0.733. The number of hydrogen-bond acceptors (Lipinski definition) is 6. The van der Waals surface area contributed by atoms with E-state index in [4.69, 9.17) is 18.0 Å². The lowest BCUT2D eigenvalue weighted by molar-refractivity contribution is -0.153. The van der Waals surface area contributed by atoms with Gasteiger partial charge in [0.2, 0.25) is 0 Å². The number of benzene rings is 1. The summed E-state index contributed by atoms with van der Waals surface area (Å²) in [6.07, 6.45) is -0.155. The number of cyclic esters (lactones) is 2. The molecule has 6 nitrogen and oxygen atoms in total. The fraction of sp³-hybridized carbons (Fsp3) is 0.385. The normalized spacial score (nSPS) is 22.9. The minimum Gasteiger partial charge on any atom is -0.392 e. The molecule has 108 valence electrons. The Labute approximate surface area is 118 Å². The van der Waals surface area contributed by atoms with Crippen LogP contribution in [0.1, 0.15) is 12.0 Å². The molecule has 0 amide bonds. The molecule has 1 aromatic carbocycles. The largest absolute Gasteiger partial charge is 0.523 e. The summed E-state index contributed by atoms with van der Waals surface area (Å²) in [6.45, 7) is 0. The molecule has 1 atom stereocenters. The minimum atomic E-state index is -3.48. The first-order chi connectivity index (χ1) is 9.56. The van der Waals surface area contributed by atoms with Gasteiger partial charge >= 0.3 is 20.7 Å². The van der Waals surface area contributed by atoms with Crippen LogP contribution < -0.4 is 0 Å². The van der Waals surface area contributed by atoms with Crippen LogP contribution in [0, 0.1) is 0 Å². The van der Waals surface area contributed by atoms with Gasteiger partial charge in [-0.25, -0.2) is 0 Å². The van der Waals surface area contributed by atoms with Gasteiger partial charge in [-0.15, -0.1) is 0 Å². The Kier molecular flexibility index (Phi) is 4.05.